The molecule has 36 heavy (non-hydrogen) atoms. The third-order valence-electron chi connectivity index (χ3n) is 10.6. The molecular weight excluding hydrogens is 462 g/mol. The summed E-state index contributed by atoms with van der Waals surface area (Å²) in [6, 6.07) is 3.25. The molecule has 4 fully saturated rings. The van der Waals surface area contributed by atoms with Gasteiger partial charge in [0.25, 0.3) is 0 Å². The number of hydrogen-bond donors (Lipinski definition) is 2. The summed E-state index contributed by atoms with van der Waals surface area (Å²) in [7, 11) is 3.61. The van der Waals surface area contributed by atoms with Crippen molar-refractivity contribution >= 4 is 12.3 Å². The van der Waals surface area contributed by atoms with E-state index in [9.17, 15) is 24.6 Å². The summed E-state index contributed by atoms with van der Waals surface area (Å²) in [5.41, 5.74) is -3.03. The Morgan fingerprint density at radius 3 is 2.53 bits per heavy atom. The molecule has 0 bridgehead atoms. The normalized spacial score (nSPS) is 43.8. The van der Waals surface area contributed by atoms with Crippen LogP contribution in [-0.4, -0.2) is 65.3 Å². The zero-order valence-corrected chi connectivity index (χ0v) is 21.6. The van der Waals surface area contributed by atoms with Gasteiger partial charge in [-0.25, -0.2) is 4.79 Å². The van der Waals surface area contributed by atoms with Crippen LogP contribution in [0.25, 0.3) is 0 Å². The fourth-order valence-corrected chi connectivity index (χ4v) is 8.82. The molecule has 4 aliphatic rings. The van der Waals surface area contributed by atoms with Crippen LogP contribution in [0.5, 0.6) is 0 Å². The van der Waals surface area contributed by atoms with Crippen LogP contribution in [0.3, 0.4) is 0 Å². The number of hydrogen-bond acceptors (Lipinski definition) is 8. The molecule has 5 rings (SSSR count). The number of nitrogens with zero attached hydrogens (tertiary/aromatic N) is 1. The Morgan fingerprint density at radius 2 is 1.86 bits per heavy atom. The Morgan fingerprint density at radius 1 is 1.11 bits per heavy atom. The Balaban J connectivity index is 1.41. The van der Waals surface area contributed by atoms with Crippen molar-refractivity contribution in [3.8, 4) is 0 Å². The number of aliphatic hydroxyl groups is 2. The standard InChI is InChI=1S/C28H39NO7/c1-25-10-7-21-22(28(25,34)13-9-20(25)18-4-5-23(31)35-16-18)8-12-27(33)14-19(6-11-26(21,27)17-30)36-24(32)15-29(2)3/h4-5,16-17,19-22,33-34H,6-15H2,1-3H3. The molecule has 8 nitrogen and oxygen atoms in total. The number of ether oxygens (including phenoxy) is 1. The van der Waals surface area contributed by atoms with Gasteiger partial charge in [0.1, 0.15) is 12.4 Å². The lowest BCUT2D eigenvalue weighted by Gasteiger charge is -2.65. The number of aldehydes is 1. The summed E-state index contributed by atoms with van der Waals surface area (Å²) in [5.74, 6) is -0.488. The van der Waals surface area contributed by atoms with E-state index in [1.54, 1.807) is 19.0 Å². The van der Waals surface area contributed by atoms with E-state index in [0.29, 0.717) is 32.1 Å². The minimum atomic E-state index is -1.25. The van der Waals surface area contributed by atoms with Gasteiger partial charge in [0.2, 0.25) is 0 Å². The Bertz CT molecular complexity index is 1070. The second kappa shape index (κ2) is 8.77. The van der Waals surface area contributed by atoms with E-state index in [1.807, 2.05) is 6.07 Å². The minimum Gasteiger partial charge on any atom is -0.461 e. The van der Waals surface area contributed by atoms with E-state index in [0.717, 1.165) is 31.1 Å². The first-order valence-electron chi connectivity index (χ1n) is 13.3. The van der Waals surface area contributed by atoms with E-state index < -0.39 is 28.1 Å². The summed E-state index contributed by atoms with van der Waals surface area (Å²) in [5, 5.41) is 24.3. The molecule has 0 aromatic carbocycles. The molecule has 0 spiro atoms. The van der Waals surface area contributed by atoms with Crippen LogP contribution in [0.2, 0.25) is 0 Å². The Labute approximate surface area is 212 Å². The fourth-order valence-electron chi connectivity index (χ4n) is 8.82. The predicted molar refractivity (Wildman–Crippen MR) is 131 cm³/mol. The first-order chi connectivity index (χ1) is 17.0. The molecule has 0 radical (unpaired) electrons. The Kier molecular flexibility index (Phi) is 6.24. The van der Waals surface area contributed by atoms with E-state index >= 15 is 0 Å². The van der Waals surface area contributed by atoms with Crippen molar-refractivity contribution in [2.75, 3.05) is 20.6 Å². The van der Waals surface area contributed by atoms with Gasteiger partial charge in [0, 0.05) is 17.9 Å². The second-order valence-corrected chi connectivity index (χ2v) is 12.4. The highest BCUT2D eigenvalue weighted by Gasteiger charge is 2.71. The van der Waals surface area contributed by atoms with Gasteiger partial charge >= 0.3 is 11.6 Å². The van der Waals surface area contributed by atoms with Gasteiger partial charge in [-0.05, 0) is 94.8 Å². The van der Waals surface area contributed by atoms with Crippen LogP contribution in [-0.2, 0) is 14.3 Å². The third kappa shape index (κ3) is 3.63. The van der Waals surface area contributed by atoms with Gasteiger partial charge in [0.05, 0.1) is 29.4 Å². The Hall–Kier alpha value is -2.03. The summed E-state index contributed by atoms with van der Waals surface area (Å²) >= 11 is 0. The van der Waals surface area contributed by atoms with Crippen LogP contribution in [0.4, 0.5) is 0 Å². The first kappa shape index (κ1) is 25.6. The van der Waals surface area contributed by atoms with Crippen LogP contribution < -0.4 is 5.63 Å². The maximum atomic E-state index is 12.8. The molecular formula is C28H39NO7. The number of carbonyl (C=O) groups is 2. The number of rotatable bonds is 5. The molecule has 4 saturated carbocycles. The van der Waals surface area contributed by atoms with Crippen molar-refractivity contribution < 1.29 is 29.0 Å². The molecule has 8 heteroatoms. The van der Waals surface area contributed by atoms with Crippen molar-refractivity contribution in [3.05, 3.63) is 34.4 Å². The number of fused-ring (bicyclic) bond motifs is 5. The van der Waals surface area contributed by atoms with Gasteiger partial charge in [-0.1, -0.05) is 6.92 Å². The van der Waals surface area contributed by atoms with Crippen LogP contribution in [0.15, 0.2) is 27.6 Å². The molecule has 0 saturated heterocycles. The molecule has 8 atom stereocenters. The molecule has 2 N–H and O–H groups in total. The highest BCUT2D eigenvalue weighted by atomic mass is 16.5. The van der Waals surface area contributed by atoms with Gasteiger partial charge in [-0.3, -0.25) is 9.69 Å². The average Bonchev–Trinajstić information content (AvgIpc) is 3.09. The minimum absolute atomic E-state index is 0.0626. The number of esters is 1. The lowest BCUT2D eigenvalue weighted by atomic mass is 9.41. The van der Waals surface area contributed by atoms with Crippen molar-refractivity contribution in [1.82, 2.24) is 4.90 Å². The smallest absolute Gasteiger partial charge is 0.335 e. The maximum absolute atomic E-state index is 12.8. The van der Waals surface area contributed by atoms with Gasteiger partial charge < -0.3 is 24.2 Å². The SMILES string of the molecule is CN(C)CC(=O)OC1CCC2(C=O)C3CCC4(C)C(c5ccc(=O)oc5)CCC4(O)C3CCC2(O)C1. The first-order valence-corrected chi connectivity index (χ1v) is 13.3. The largest absolute Gasteiger partial charge is 0.461 e. The predicted octanol–water partition coefficient (Wildman–Crippen LogP) is 2.65. The zero-order chi connectivity index (χ0) is 25.9. The highest BCUT2D eigenvalue weighted by molar-refractivity contribution is 5.72. The molecule has 4 aliphatic carbocycles. The van der Waals surface area contributed by atoms with Crippen LogP contribution in [0.1, 0.15) is 76.2 Å². The summed E-state index contributed by atoms with van der Waals surface area (Å²) in [6.07, 6.45) is 7.22. The highest BCUT2D eigenvalue weighted by Crippen LogP contribution is 2.71. The van der Waals surface area contributed by atoms with Gasteiger partial charge in [0.15, 0.2) is 0 Å². The topological polar surface area (TPSA) is 117 Å². The molecule has 0 amide bonds. The fraction of sp³-hybridized carbons (Fsp3) is 0.750. The summed E-state index contributed by atoms with van der Waals surface area (Å²) < 4.78 is 10.8. The molecule has 1 aromatic rings. The van der Waals surface area contributed by atoms with E-state index in [1.165, 1.54) is 12.3 Å². The number of likely N-dealkylation sites (N-methyl/N-ethyl adjacent to an activating group) is 1. The van der Waals surface area contributed by atoms with E-state index in [4.69, 9.17) is 9.15 Å². The monoisotopic (exact) mass is 501 g/mol. The van der Waals surface area contributed by atoms with Gasteiger partial charge in [-0.15, -0.1) is 0 Å². The lowest BCUT2D eigenvalue weighted by Crippen LogP contribution is -2.68. The maximum Gasteiger partial charge on any atom is 0.335 e. The van der Waals surface area contributed by atoms with Crippen LogP contribution >= 0.6 is 0 Å². The van der Waals surface area contributed by atoms with Crippen molar-refractivity contribution in [2.24, 2.45) is 22.7 Å². The molecule has 1 heterocycles. The molecule has 0 aliphatic heterocycles. The average molecular weight is 502 g/mol. The van der Waals surface area contributed by atoms with E-state index in [-0.39, 0.29) is 42.3 Å². The van der Waals surface area contributed by atoms with Crippen LogP contribution in [0, 0.1) is 22.7 Å². The second-order valence-electron chi connectivity index (χ2n) is 12.4. The quantitative estimate of drug-likeness (QED) is 0.467. The van der Waals surface area contributed by atoms with Crippen molar-refractivity contribution in [3.63, 3.8) is 0 Å². The summed E-state index contributed by atoms with van der Waals surface area (Å²) in [4.78, 5) is 38.4. The lowest BCUT2D eigenvalue weighted by molar-refractivity contribution is -0.248. The molecule has 1 aromatic heterocycles. The van der Waals surface area contributed by atoms with Gasteiger partial charge in [-0.2, -0.15) is 0 Å². The number of carbonyl (C=O) groups excluding carboxylic acids is 2. The molecule has 198 valence electrons. The van der Waals surface area contributed by atoms with Crippen molar-refractivity contribution in [1.29, 1.82) is 0 Å². The third-order valence-corrected chi connectivity index (χ3v) is 10.6. The van der Waals surface area contributed by atoms with Crippen molar-refractivity contribution in [2.45, 2.75) is 87.9 Å². The summed E-state index contributed by atoms with van der Waals surface area (Å²) in [6.45, 7) is 2.32. The van der Waals surface area contributed by atoms with E-state index in [2.05, 4.69) is 6.92 Å². The zero-order valence-electron chi connectivity index (χ0n) is 21.6. The molecule has 8 unspecified atom stereocenters.